The summed E-state index contributed by atoms with van der Waals surface area (Å²) in [5.74, 6) is 0. The van der Waals surface area contributed by atoms with Gasteiger partial charge < -0.3 is 5.32 Å². The van der Waals surface area contributed by atoms with Crippen molar-refractivity contribution in [1.82, 2.24) is 15.1 Å². The van der Waals surface area contributed by atoms with Gasteiger partial charge in [-0.05, 0) is 30.6 Å². The lowest BCUT2D eigenvalue weighted by Crippen LogP contribution is -2.33. The fourth-order valence-corrected chi connectivity index (χ4v) is 2.38. The van der Waals surface area contributed by atoms with Crippen molar-refractivity contribution in [3.05, 3.63) is 23.5 Å². The Kier molecular flexibility index (Phi) is 2.33. The molecule has 15 heavy (non-hydrogen) atoms. The van der Waals surface area contributed by atoms with E-state index in [2.05, 4.69) is 33.4 Å². The van der Waals surface area contributed by atoms with Crippen LogP contribution >= 0.6 is 0 Å². The van der Waals surface area contributed by atoms with Crippen LogP contribution in [-0.2, 0) is 0 Å². The molecule has 3 nitrogen and oxygen atoms in total. The molecule has 3 heteroatoms. The van der Waals surface area contributed by atoms with Crippen molar-refractivity contribution in [2.45, 2.75) is 31.7 Å². The van der Waals surface area contributed by atoms with Gasteiger partial charge in [0.1, 0.15) is 0 Å². The smallest absolute Gasteiger partial charge is 0.0851 e. The van der Waals surface area contributed by atoms with Crippen molar-refractivity contribution >= 4 is 6.08 Å². The summed E-state index contributed by atoms with van der Waals surface area (Å²) in [6.45, 7) is 2.08. The summed E-state index contributed by atoms with van der Waals surface area (Å²) in [5.41, 5.74) is 2.59. The Morgan fingerprint density at radius 3 is 2.80 bits per heavy atom. The molecule has 1 aromatic rings. The summed E-state index contributed by atoms with van der Waals surface area (Å²) in [6.07, 6.45) is 9.69. The number of hydrogen-bond donors (Lipinski definition) is 1. The van der Waals surface area contributed by atoms with Gasteiger partial charge in [-0.1, -0.05) is 12.8 Å². The Morgan fingerprint density at radius 2 is 2.13 bits per heavy atom. The van der Waals surface area contributed by atoms with Crippen LogP contribution < -0.4 is 5.32 Å². The van der Waals surface area contributed by atoms with Crippen molar-refractivity contribution in [3.8, 4) is 0 Å². The maximum absolute atomic E-state index is 4.63. The first kappa shape index (κ1) is 9.16. The Hall–Kier alpha value is -1.09. The van der Waals surface area contributed by atoms with Gasteiger partial charge in [0, 0.05) is 19.3 Å². The average molecular weight is 203 g/mol. The maximum atomic E-state index is 4.63. The summed E-state index contributed by atoms with van der Waals surface area (Å²) in [7, 11) is 0. The lowest BCUT2D eigenvalue weighted by atomic mass is 10.1. The first-order chi connectivity index (χ1) is 7.42. The van der Waals surface area contributed by atoms with Gasteiger partial charge in [-0.2, -0.15) is 5.10 Å². The molecule has 0 amide bonds. The van der Waals surface area contributed by atoms with Crippen molar-refractivity contribution in [2.75, 3.05) is 13.1 Å². The van der Waals surface area contributed by atoms with E-state index in [1.807, 2.05) is 0 Å². The van der Waals surface area contributed by atoms with Crippen LogP contribution in [0.15, 0.2) is 17.8 Å². The second-order valence-electron chi connectivity index (χ2n) is 4.57. The molecule has 0 aromatic carbocycles. The summed E-state index contributed by atoms with van der Waals surface area (Å²) in [6, 6.07) is 2.79. The minimum absolute atomic E-state index is 0.664. The van der Waals surface area contributed by atoms with Gasteiger partial charge in [-0.3, -0.25) is 4.68 Å². The highest BCUT2D eigenvalue weighted by Gasteiger charge is 2.17. The molecule has 0 unspecified atom stereocenters. The number of nitrogens with zero attached hydrogens (tertiary/aromatic N) is 2. The molecular formula is C12H17N3. The van der Waals surface area contributed by atoms with E-state index in [1.54, 1.807) is 0 Å². The Balaban J connectivity index is 1.74. The van der Waals surface area contributed by atoms with Gasteiger partial charge in [0.05, 0.1) is 11.7 Å². The van der Waals surface area contributed by atoms with Gasteiger partial charge in [0.25, 0.3) is 0 Å². The van der Waals surface area contributed by atoms with Crippen LogP contribution in [0.1, 0.15) is 37.4 Å². The second kappa shape index (κ2) is 3.81. The predicted octanol–water partition coefficient (Wildman–Crippen LogP) is 1.98. The largest absolute Gasteiger partial charge is 0.309 e. The molecule has 1 saturated carbocycles. The van der Waals surface area contributed by atoms with Crippen LogP contribution in [0.2, 0.25) is 0 Å². The molecule has 0 atom stereocenters. The van der Waals surface area contributed by atoms with E-state index in [0.717, 1.165) is 18.8 Å². The maximum Gasteiger partial charge on any atom is 0.0851 e. The lowest BCUT2D eigenvalue weighted by molar-refractivity contribution is 0.466. The van der Waals surface area contributed by atoms with E-state index in [-0.39, 0.29) is 0 Å². The lowest BCUT2D eigenvalue weighted by Gasteiger charge is -2.17. The van der Waals surface area contributed by atoms with Crippen LogP contribution in [0.3, 0.4) is 0 Å². The normalized spacial score (nSPS) is 21.7. The molecular weight excluding hydrogens is 186 g/mol. The number of hydrogen-bond acceptors (Lipinski definition) is 2. The van der Waals surface area contributed by atoms with E-state index < -0.39 is 0 Å². The van der Waals surface area contributed by atoms with E-state index in [9.17, 15) is 0 Å². The van der Waals surface area contributed by atoms with Gasteiger partial charge in [-0.25, -0.2) is 0 Å². The highest BCUT2D eigenvalue weighted by atomic mass is 15.3. The minimum Gasteiger partial charge on any atom is -0.309 e. The number of aromatic nitrogens is 2. The van der Waals surface area contributed by atoms with Crippen LogP contribution in [0.25, 0.3) is 6.08 Å². The van der Waals surface area contributed by atoms with Gasteiger partial charge >= 0.3 is 0 Å². The quantitative estimate of drug-likeness (QED) is 0.796. The third-order valence-corrected chi connectivity index (χ3v) is 3.38. The van der Waals surface area contributed by atoms with Crippen molar-refractivity contribution in [1.29, 1.82) is 0 Å². The Bertz CT molecular complexity index is 366. The monoisotopic (exact) mass is 203 g/mol. The molecule has 1 N–H and O–H groups in total. The summed E-state index contributed by atoms with van der Waals surface area (Å²) < 4.78 is 2.16. The summed E-state index contributed by atoms with van der Waals surface area (Å²) in [5, 5.41) is 7.87. The van der Waals surface area contributed by atoms with Crippen molar-refractivity contribution in [2.24, 2.45) is 0 Å². The topological polar surface area (TPSA) is 29.9 Å². The summed E-state index contributed by atoms with van der Waals surface area (Å²) >= 11 is 0. The Labute approximate surface area is 90.2 Å². The highest BCUT2D eigenvalue weighted by Crippen LogP contribution is 2.28. The molecule has 2 fully saturated rings. The van der Waals surface area contributed by atoms with Crippen LogP contribution in [0.5, 0.6) is 0 Å². The predicted molar refractivity (Wildman–Crippen MR) is 60.6 cm³/mol. The molecule has 1 saturated heterocycles. The van der Waals surface area contributed by atoms with Crippen LogP contribution in [0, 0.1) is 0 Å². The third-order valence-electron chi connectivity index (χ3n) is 3.38. The van der Waals surface area contributed by atoms with Crippen molar-refractivity contribution in [3.63, 3.8) is 0 Å². The molecule has 1 aliphatic carbocycles. The fraction of sp³-hybridized carbons (Fsp3) is 0.583. The zero-order valence-corrected chi connectivity index (χ0v) is 8.95. The van der Waals surface area contributed by atoms with E-state index in [0.29, 0.717) is 6.04 Å². The zero-order valence-electron chi connectivity index (χ0n) is 8.95. The first-order valence-electron chi connectivity index (χ1n) is 5.87. The first-order valence-corrected chi connectivity index (χ1v) is 5.87. The van der Waals surface area contributed by atoms with Gasteiger partial charge in [0.2, 0.25) is 0 Å². The standard InChI is InChI=1S/C12H17N3/c1-2-4-12(3-1)15-6-5-11(14-15)7-10-8-13-9-10/h5-7,12-13H,1-4,8-9H2. The molecule has 1 aliphatic heterocycles. The summed E-state index contributed by atoms with van der Waals surface area (Å²) in [4.78, 5) is 0. The highest BCUT2D eigenvalue weighted by molar-refractivity contribution is 5.51. The number of rotatable bonds is 2. The molecule has 0 spiro atoms. The molecule has 0 bridgehead atoms. The SMILES string of the molecule is C(=C1CNC1)c1ccn(C2CCCC2)n1. The Morgan fingerprint density at radius 1 is 1.33 bits per heavy atom. The van der Waals surface area contributed by atoms with E-state index in [1.165, 1.54) is 31.3 Å². The van der Waals surface area contributed by atoms with E-state index in [4.69, 9.17) is 0 Å². The fourth-order valence-electron chi connectivity index (χ4n) is 2.38. The van der Waals surface area contributed by atoms with Crippen LogP contribution in [-0.4, -0.2) is 22.9 Å². The van der Waals surface area contributed by atoms with Crippen molar-refractivity contribution < 1.29 is 0 Å². The molecule has 3 rings (SSSR count). The molecule has 0 radical (unpaired) electrons. The molecule has 2 aliphatic rings. The van der Waals surface area contributed by atoms with Crippen LogP contribution in [0.4, 0.5) is 0 Å². The minimum atomic E-state index is 0.664. The van der Waals surface area contributed by atoms with E-state index >= 15 is 0 Å². The molecule has 80 valence electrons. The molecule has 2 heterocycles. The van der Waals surface area contributed by atoms with Gasteiger partial charge in [-0.15, -0.1) is 0 Å². The third kappa shape index (κ3) is 1.84. The average Bonchev–Trinajstić information content (AvgIpc) is 2.82. The molecule has 1 aromatic heterocycles. The second-order valence-corrected chi connectivity index (χ2v) is 4.57. The van der Waals surface area contributed by atoms with Gasteiger partial charge in [0.15, 0.2) is 0 Å². The number of nitrogens with one attached hydrogen (secondary N) is 1. The zero-order chi connectivity index (χ0) is 10.1.